The maximum Gasteiger partial charge on any atom is 0.0547 e. The van der Waals surface area contributed by atoms with Gasteiger partial charge < -0.3 is 9.47 Å². The Morgan fingerprint density at radius 2 is 0.893 bits per heavy atom. The Balaban J connectivity index is 1.02. The third kappa shape index (κ3) is 5.26. The van der Waals surface area contributed by atoms with Crippen LogP contribution in [0.5, 0.6) is 0 Å². The zero-order chi connectivity index (χ0) is 37.0. The van der Waals surface area contributed by atoms with E-state index in [4.69, 9.17) is 0 Å². The van der Waals surface area contributed by atoms with Gasteiger partial charge in [-0.15, -0.1) is 0 Å². The Hall–Kier alpha value is -7.42. The molecule has 0 bridgehead atoms. The van der Waals surface area contributed by atoms with E-state index in [-0.39, 0.29) is 0 Å². The van der Waals surface area contributed by atoms with Gasteiger partial charge in [0.05, 0.1) is 16.7 Å². The first-order valence-electron chi connectivity index (χ1n) is 19.3. The van der Waals surface area contributed by atoms with Crippen LogP contribution in [-0.4, -0.2) is 4.57 Å². The quantitative estimate of drug-likeness (QED) is 0.156. The Morgan fingerprint density at radius 3 is 1.75 bits per heavy atom. The highest BCUT2D eigenvalue weighted by Gasteiger charge is 2.19. The van der Waals surface area contributed by atoms with Crippen LogP contribution in [0.3, 0.4) is 0 Å². The van der Waals surface area contributed by atoms with Crippen molar-refractivity contribution < 1.29 is 0 Å². The molecule has 0 spiro atoms. The fraction of sp³-hybridized carbons (Fsp3) is 0. The first-order valence-corrected chi connectivity index (χ1v) is 19.3. The number of hydrogen-bond acceptors (Lipinski definition) is 1. The van der Waals surface area contributed by atoms with Crippen molar-refractivity contribution in [2.45, 2.75) is 0 Å². The summed E-state index contributed by atoms with van der Waals surface area (Å²) in [5, 5.41) is 10.1. The van der Waals surface area contributed by atoms with Crippen molar-refractivity contribution in [2.24, 2.45) is 0 Å². The van der Waals surface area contributed by atoms with E-state index in [1.807, 2.05) is 0 Å². The van der Waals surface area contributed by atoms with E-state index in [1.54, 1.807) is 0 Å². The first-order chi connectivity index (χ1) is 27.8. The lowest BCUT2D eigenvalue weighted by Gasteiger charge is -2.26. The topological polar surface area (TPSA) is 8.17 Å². The number of benzene rings is 10. The average Bonchev–Trinajstić information content (AvgIpc) is 3.61. The Labute approximate surface area is 325 Å². The second-order valence-electron chi connectivity index (χ2n) is 14.5. The molecule has 0 aliphatic heterocycles. The molecule has 0 fully saturated rings. The number of fused-ring (bicyclic) bond motifs is 7. The number of rotatable bonds is 6. The fourth-order valence-corrected chi connectivity index (χ4v) is 8.76. The summed E-state index contributed by atoms with van der Waals surface area (Å²) in [4.78, 5) is 2.36. The van der Waals surface area contributed by atoms with Crippen molar-refractivity contribution in [1.82, 2.24) is 4.57 Å². The Morgan fingerprint density at radius 1 is 0.304 bits per heavy atom. The van der Waals surface area contributed by atoms with Gasteiger partial charge in [0.2, 0.25) is 0 Å². The highest BCUT2D eigenvalue weighted by molar-refractivity contribution is 6.16. The molecule has 11 aromatic rings. The second kappa shape index (κ2) is 13.2. The van der Waals surface area contributed by atoms with Gasteiger partial charge in [-0.2, -0.15) is 0 Å². The van der Waals surface area contributed by atoms with Crippen LogP contribution >= 0.6 is 0 Å². The molecule has 10 aromatic carbocycles. The summed E-state index contributed by atoms with van der Waals surface area (Å²) < 4.78 is 2.44. The molecule has 0 N–H and O–H groups in total. The smallest absolute Gasteiger partial charge is 0.0547 e. The SMILES string of the molecule is c1ccc(N(c2ccc(-c3ccc4c(ccc5ccccc54)c3)cc2)c2cccc(-c3cccc4c3c3ccccc3n4-c3cccc4ccccc34)c2)cc1. The van der Waals surface area contributed by atoms with Crippen LogP contribution in [0.2, 0.25) is 0 Å². The number of nitrogens with zero attached hydrogens (tertiary/aromatic N) is 2. The van der Waals surface area contributed by atoms with Crippen LogP contribution in [-0.2, 0) is 0 Å². The lowest BCUT2D eigenvalue weighted by molar-refractivity contribution is 1.20. The van der Waals surface area contributed by atoms with Gasteiger partial charge in [-0.05, 0) is 110 Å². The molecule has 1 aromatic heterocycles. The highest BCUT2D eigenvalue weighted by atomic mass is 15.1. The van der Waals surface area contributed by atoms with Crippen LogP contribution in [0.1, 0.15) is 0 Å². The predicted octanol–water partition coefficient (Wildman–Crippen LogP) is 15.0. The molecule has 0 unspecified atom stereocenters. The average molecular weight is 713 g/mol. The standard InChI is InChI=1S/C54H36N2/c1-2-17-43(18-3-1)55(44-32-29-37(30-33-44)40-31-34-47-42(35-40)28-27-39-14-4-6-20-46(39)47)45-19-10-16-41(36-45)49-23-12-26-53-54(49)50-22-8-9-24-52(50)56(53)51-25-11-15-38-13-5-7-21-48(38)51/h1-36H. The molecule has 11 rings (SSSR count). The summed E-state index contributed by atoms with van der Waals surface area (Å²) in [6.07, 6.45) is 0. The molecule has 0 aliphatic rings. The zero-order valence-electron chi connectivity index (χ0n) is 30.7. The maximum atomic E-state index is 2.44. The number of para-hydroxylation sites is 2. The molecule has 56 heavy (non-hydrogen) atoms. The van der Waals surface area contributed by atoms with Gasteiger partial charge in [-0.3, -0.25) is 0 Å². The lowest BCUT2D eigenvalue weighted by atomic mass is 9.97. The molecule has 2 heteroatoms. The van der Waals surface area contributed by atoms with E-state index in [0.29, 0.717) is 0 Å². The van der Waals surface area contributed by atoms with Crippen molar-refractivity contribution in [3.05, 3.63) is 218 Å². The Bertz CT molecular complexity index is 3240. The van der Waals surface area contributed by atoms with Gasteiger partial charge >= 0.3 is 0 Å². The molecule has 2 nitrogen and oxygen atoms in total. The van der Waals surface area contributed by atoms with Crippen LogP contribution in [0.15, 0.2) is 218 Å². The molecule has 0 amide bonds. The van der Waals surface area contributed by atoms with E-state index in [1.165, 1.54) is 82.1 Å². The summed E-state index contributed by atoms with van der Waals surface area (Å²) in [6, 6.07) is 79.4. The molecule has 262 valence electrons. The minimum Gasteiger partial charge on any atom is -0.310 e. The van der Waals surface area contributed by atoms with Gasteiger partial charge in [0.25, 0.3) is 0 Å². The van der Waals surface area contributed by atoms with Gasteiger partial charge in [-0.1, -0.05) is 158 Å². The van der Waals surface area contributed by atoms with E-state index in [9.17, 15) is 0 Å². The summed E-state index contributed by atoms with van der Waals surface area (Å²) in [7, 11) is 0. The minimum atomic E-state index is 1.11. The minimum absolute atomic E-state index is 1.11. The first kappa shape index (κ1) is 32.0. The van der Waals surface area contributed by atoms with Gasteiger partial charge in [0.1, 0.15) is 0 Å². The molecule has 1 heterocycles. The monoisotopic (exact) mass is 712 g/mol. The normalized spacial score (nSPS) is 11.6. The number of hydrogen-bond donors (Lipinski definition) is 0. The molecular weight excluding hydrogens is 677 g/mol. The zero-order valence-corrected chi connectivity index (χ0v) is 30.7. The summed E-state index contributed by atoms with van der Waals surface area (Å²) in [5.41, 5.74) is 11.7. The van der Waals surface area contributed by atoms with Crippen molar-refractivity contribution in [2.75, 3.05) is 4.90 Å². The van der Waals surface area contributed by atoms with Gasteiger partial charge in [-0.25, -0.2) is 0 Å². The third-order valence-electron chi connectivity index (χ3n) is 11.3. The van der Waals surface area contributed by atoms with Crippen LogP contribution < -0.4 is 4.90 Å². The van der Waals surface area contributed by atoms with Crippen LogP contribution in [0.4, 0.5) is 17.1 Å². The van der Waals surface area contributed by atoms with Crippen LogP contribution in [0.25, 0.3) is 82.1 Å². The van der Waals surface area contributed by atoms with Crippen molar-refractivity contribution in [3.8, 4) is 27.9 Å². The van der Waals surface area contributed by atoms with Gasteiger partial charge in [0, 0.05) is 33.2 Å². The van der Waals surface area contributed by atoms with E-state index in [2.05, 4.69) is 228 Å². The molecule has 0 saturated heterocycles. The number of aromatic nitrogens is 1. The molecule has 0 aliphatic carbocycles. The second-order valence-corrected chi connectivity index (χ2v) is 14.5. The predicted molar refractivity (Wildman–Crippen MR) is 239 cm³/mol. The third-order valence-corrected chi connectivity index (χ3v) is 11.3. The molecule has 0 radical (unpaired) electrons. The lowest BCUT2D eigenvalue weighted by Crippen LogP contribution is -2.09. The highest BCUT2D eigenvalue weighted by Crippen LogP contribution is 2.42. The number of anilines is 3. The molecule has 0 saturated carbocycles. The summed E-state index contributed by atoms with van der Waals surface area (Å²) in [5.74, 6) is 0. The molecule has 0 atom stereocenters. The molecular formula is C54H36N2. The van der Waals surface area contributed by atoms with Crippen LogP contribution in [0, 0.1) is 0 Å². The summed E-state index contributed by atoms with van der Waals surface area (Å²) in [6.45, 7) is 0. The maximum absolute atomic E-state index is 2.44. The largest absolute Gasteiger partial charge is 0.310 e. The van der Waals surface area contributed by atoms with Crippen molar-refractivity contribution in [1.29, 1.82) is 0 Å². The van der Waals surface area contributed by atoms with Gasteiger partial charge in [0.15, 0.2) is 0 Å². The van der Waals surface area contributed by atoms with E-state index >= 15 is 0 Å². The van der Waals surface area contributed by atoms with E-state index in [0.717, 1.165) is 17.1 Å². The van der Waals surface area contributed by atoms with E-state index < -0.39 is 0 Å². The van der Waals surface area contributed by atoms with Crippen molar-refractivity contribution >= 4 is 71.2 Å². The Kier molecular flexibility index (Phi) is 7.53. The fourth-order valence-electron chi connectivity index (χ4n) is 8.76. The van der Waals surface area contributed by atoms with Crippen molar-refractivity contribution in [3.63, 3.8) is 0 Å². The summed E-state index contributed by atoms with van der Waals surface area (Å²) >= 11 is 0.